The summed E-state index contributed by atoms with van der Waals surface area (Å²) in [6.45, 7) is 0.602. The lowest BCUT2D eigenvalue weighted by molar-refractivity contribution is -0.147. The van der Waals surface area contributed by atoms with Gasteiger partial charge in [0, 0.05) is 23.7 Å². The van der Waals surface area contributed by atoms with Crippen molar-refractivity contribution in [1.29, 1.82) is 5.41 Å². The number of likely N-dealkylation sites (tertiary alicyclic amines) is 1. The monoisotopic (exact) mass is 455 g/mol. The third-order valence-electron chi connectivity index (χ3n) is 6.46. The Hall–Kier alpha value is -3.93. The number of carbonyl (C=O) groups is 2. The van der Waals surface area contributed by atoms with E-state index in [1.165, 1.54) is 7.11 Å². The molecule has 1 aliphatic heterocycles. The minimum Gasteiger partial charge on any atom is -0.469 e. The molecule has 2 unspecified atom stereocenters. The first-order valence-electron chi connectivity index (χ1n) is 11.5. The predicted octanol–water partition coefficient (Wildman–Crippen LogP) is 4.27. The summed E-state index contributed by atoms with van der Waals surface area (Å²) in [6, 6.07) is 24.7. The Morgan fingerprint density at radius 2 is 1.71 bits per heavy atom. The highest BCUT2D eigenvalue weighted by Gasteiger charge is 2.39. The van der Waals surface area contributed by atoms with Crippen LogP contribution in [0.15, 0.2) is 78.9 Å². The second kappa shape index (κ2) is 10.3. The van der Waals surface area contributed by atoms with Gasteiger partial charge in [-0.05, 0) is 54.2 Å². The summed E-state index contributed by atoms with van der Waals surface area (Å²) in [6.07, 6.45) is 1.98. The maximum Gasteiger partial charge on any atom is 0.311 e. The average molecular weight is 456 g/mol. The van der Waals surface area contributed by atoms with E-state index in [4.69, 9.17) is 15.9 Å². The Balaban J connectivity index is 1.56. The van der Waals surface area contributed by atoms with Gasteiger partial charge in [-0.25, -0.2) is 0 Å². The zero-order valence-corrected chi connectivity index (χ0v) is 19.2. The number of nitrogens with one attached hydrogen (secondary N) is 1. The van der Waals surface area contributed by atoms with E-state index in [0.717, 1.165) is 29.5 Å². The van der Waals surface area contributed by atoms with Crippen LogP contribution in [0.1, 0.15) is 34.3 Å². The molecule has 0 spiro atoms. The van der Waals surface area contributed by atoms with Crippen LogP contribution in [0.3, 0.4) is 0 Å². The number of esters is 1. The van der Waals surface area contributed by atoms with Crippen LogP contribution in [0.5, 0.6) is 0 Å². The number of amidine groups is 1. The van der Waals surface area contributed by atoms with Gasteiger partial charge < -0.3 is 15.4 Å². The molecule has 4 rings (SSSR count). The summed E-state index contributed by atoms with van der Waals surface area (Å²) < 4.78 is 5.13. The fourth-order valence-corrected chi connectivity index (χ4v) is 4.71. The third-order valence-corrected chi connectivity index (χ3v) is 6.46. The number of rotatable bonds is 7. The average Bonchev–Trinajstić information content (AvgIpc) is 3.37. The molecule has 1 aliphatic rings. The Morgan fingerprint density at radius 1 is 1.00 bits per heavy atom. The quantitative estimate of drug-likeness (QED) is 0.316. The molecule has 3 aromatic rings. The van der Waals surface area contributed by atoms with Gasteiger partial charge in [0.2, 0.25) is 0 Å². The molecule has 1 amide bonds. The summed E-state index contributed by atoms with van der Waals surface area (Å²) >= 11 is 0. The van der Waals surface area contributed by atoms with Crippen molar-refractivity contribution >= 4 is 17.7 Å². The lowest BCUT2D eigenvalue weighted by Crippen LogP contribution is -2.44. The highest BCUT2D eigenvalue weighted by Crippen LogP contribution is 2.30. The molecular weight excluding hydrogens is 426 g/mol. The molecule has 0 bridgehead atoms. The molecule has 3 N–H and O–H groups in total. The molecular formula is C28H29N3O3. The highest BCUT2D eigenvalue weighted by molar-refractivity contribution is 5.96. The lowest BCUT2D eigenvalue weighted by atomic mass is 9.89. The fraction of sp³-hybridized carbons (Fsp3) is 0.250. The molecule has 2 atom stereocenters. The fourth-order valence-electron chi connectivity index (χ4n) is 4.71. The van der Waals surface area contributed by atoms with Gasteiger partial charge in [-0.2, -0.15) is 0 Å². The standard InChI is InChI=1S/C28H29N3O3/c1-34-28(33)24(18-19-7-5-10-23(17-19)26(29)30)25-11-6-16-31(25)27(32)22-14-12-21(13-15-22)20-8-3-2-4-9-20/h2-5,7-10,12-15,17,24-25H,6,11,16,18H2,1H3,(H3,29,30). The van der Waals surface area contributed by atoms with Crippen molar-refractivity contribution in [3.63, 3.8) is 0 Å². The number of ether oxygens (including phenoxy) is 1. The topological polar surface area (TPSA) is 96.5 Å². The Labute approximate surface area is 199 Å². The molecule has 1 heterocycles. The molecule has 1 fully saturated rings. The van der Waals surface area contributed by atoms with Crippen LogP contribution in [0.2, 0.25) is 0 Å². The summed E-state index contributed by atoms with van der Waals surface area (Å²) in [5.41, 5.74) is 9.88. The second-order valence-corrected chi connectivity index (χ2v) is 8.60. The predicted molar refractivity (Wildman–Crippen MR) is 133 cm³/mol. The minimum absolute atomic E-state index is 0.0203. The zero-order chi connectivity index (χ0) is 24.1. The highest BCUT2D eigenvalue weighted by atomic mass is 16.5. The van der Waals surface area contributed by atoms with Crippen LogP contribution in [0.25, 0.3) is 11.1 Å². The number of benzene rings is 3. The van der Waals surface area contributed by atoms with Crippen molar-refractivity contribution < 1.29 is 14.3 Å². The normalized spacial score (nSPS) is 16.1. The number of hydrogen-bond donors (Lipinski definition) is 2. The molecule has 0 radical (unpaired) electrons. The minimum atomic E-state index is -0.498. The smallest absolute Gasteiger partial charge is 0.311 e. The van der Waals surface area contributed by atoms with Crippen molar-refractivity contribution in [2.45, 2.75) is 25.3 Å². The second-order valence-electron chi connectivity index (χ2n) is 8.60. The van der Waals surface area contributed by atoms with Gasteiger partial charge in [0.05, 0.1) is 13.0 Å². The van der Waals surface area contributed by atoms with E-state index < -0.39 is 5.92 Å². The van der Waals surface area contributed by atoms with Crippen LogP contribution in [0.4, 0.5) is 0 Å². The summed E-state index contributed by atoms with van der Waals surface area (Å²) in [5.74, 6) is -0.929. The lowest BCUT2D eigenvalue weighted by Gasteiger charge is -2.30. The number of carbonyl (C=O) groups excluding carboxylic acids is 2. The summed E-state index contributed by atoms with van der Waals surface area (Å²) in [5, 5.41) is 7.69. The van der Waals surface area contributed by atoms with Crippen LogP contribution in [-0.4, -0.2) is 42.3 Å². The first-order valence-corrected chi connectivity index (χ1v) is 11.5. The van der Waals surface area contributed by atoms with Gasteiger partial charge in [0.15, 0.2) is 0 Å². The maximum atomic E-state index is 13.4. The van der Waals surface area contributed by atoms with E-state index in [0.29, 0.717) is 24.1 Å². The van der Waals surface area contributed by atoms with Crippen molar-refractivity contribution in [3.8, 4) is 11.1 Å². The van der Waals surface area contributed by atoms with Crippen LogP contribution >= 0.6 is 0 Å². The van der Waals surface area contributed by atoms with E-state index in [1.807, 2.05) is 77.7 Å². The molecule has 34 heavy (non-hydrogen) atoms. The molecule has 174 valence electrons. The number of methoxy groups -OCH3 is 1. The number of nitrogen functional groups attached to an aromatic ring is 1. The third kappa shape index (κ3) is 5.01. The molecule has 3 aromatic carbocycles. The SMILES string of the molecule is COC(=O)C(Cc1cccc(C(=N)N)c1)C1CCCN1C(=O)c1ccc(-c2ccccc2)cc1. The number of amides is 1. The van der Waals surface area contributed by atoms with Gasteiger partial charge in [-0.15, -0.1) is 0 Å². The van der Waals surface area contributed by atoms with Crippen LogP contribution < -0.4 is 5.73 Å². The number of hydrogen-bond acceptors (Lipinski definition) is 4. The van der Waals surface area contributed by atoms with Crippen LogP contribution in [0, 0.1) is 11.3 Å². The van der Waals surface area contributed by atoms with E-state index in [9.17, 15) is 9.59 Å². The Kier molecular flexibility index (Phi) is 7.07. The van der Waals surface area contributed by atoms with Crippen molar-refractivity contribution in [2.24, 2.45) is 11.7 Å². The van der Waals surface area contributed by atoms with E-state index in [1.54, 1.807) is 6.07 Å². The number of nitrogens with two attached hydrogens (primary N) is 1. The van der Waals surface area contributed by atoms with E-state index >= 15 is 0 Å². The van der Waals surface area contributed by atoms with Gasteiger partial charge in [-0.1, -0.05) is 60.7 Å². The maximum absolute atomic E-state index is 13.4. The molecule has 0 aromatic heterocycles. The van der Waals surface area contributed by atoms with Gasteiger partial charge in [0.25, 0.3) is 5.91 Å². The zero-order valence-electron chi connectivity index (χ0n) is 19.2. The van der Waals surface area contributed by atoms with Crippen molar-refractivity contribution in [3.05, 3.63) is 95.6 Å². The molecule has 6 heteroatoms. The molecule has 6 nitrogen and oxygen atoms in total. The Bertz CT molecular complexity index is 1180. The number of nitrogens with zero attached hydrogens (tertiary/aromatic N) is 1. The van der Waals surface area contributed by atoms with E-state index in [-0.39, 0.29) is 23.8 Å². The first kappa shape index (κ1) is 23.2. The van der Waals surface area contributed by atoms with Crippen molar-refractivity contribution in [1.82, 2.24) is 4.90 Å². The summed E-state index contributed by atoms with van der Waals surface area (Å²) in [7, 11) is 1.38. The van der Waals surface area contributed by atoms with Gasteiger partial charge in [0.1, 0.15) is 5.84 Å². The Morgan fingerprint density at radius 3 is 2.38 bits per heavy atom. The van der Waals surface area contributed by atoms with Gasteiger partial charge >= 0.3 is 5.97 Å². The van der Waals surface area contributed by atoms with Crippen molar-refractivity contribution in [2.75, 3.05) is 13.7 Å². The largest absolute Gasteiger partial charge is 0.469 e. The van der Waals surface area contributed by atoms with E-state index in [2.05, 4.69) is 0 Å². The molecule has 1 saturated heterocycles. The molecule has 0 saturated carbocycles. The summed E-state index contributed by atoms with van der Waals surface area (Å²) in [4.78, 5) is 28.1. The van der Waals surface area contributed by atoms with Crippen LogP contribution in [-0.2, 0) is 16.0 Å². The van der Waals surface area contributed by atoms with Gasteiger partial charge in [-0.3, -0.25) is 15.0 Å². The molecule has 0 aliphatic carbocycles. The first-order chi connectivity index (χ1) is 16.5.